The van der Waals surface area contributed by atoms with Crippen LogP contribution in [0.15, 0.2) is 85.1 Å². The van der Waals surface area contributed by atoms with Crippen molar-refractivity contribution in [1.29, 1.82) is 0 Å². The second-order valence-electron chi connectivity index (χ2n) is 7.75. The summed E-state index contributed by atoms with van der Waals surface area (Å²) in [4.78, 5) is 29.4. The van der Waals surface area contributed by atoms with E-state index in [2.05, 4.69) is 0 Å². The molecule has 32 heavy (non-hydrogen) atoms. The topological polar surface area (TPSA) is 49.9 Å². The van der Waals surface area contributed by atoms with Crippen LogP contribution in [0.5, 0.6) is 5.75 Å². The summed E-state index contributed by atoms with van der Waals surface area (Å²) in [7, 11) is 1.62. The van der Waals surface area contributed by atoms with E-state index in [1.54, 1.807) is 23.1 Å². The highest BCUT2D eigenvalue weighted by Crippen LogP contribution is 2.34. The molecular weight excluding hydrogens is 400 g/mol. The molecule has 2 amide bonds. The predicted molar refractivity (Wildman–Crippen MR) is 126 cm³/mol. The Morgan fingerprint density at radius 3 is 2.31 bits per heavy atom. The standard InChI is InChI=1S/C27H26N2O3/c1-20(30)28-17-16-22-10-6-7-11-25(22)26(28)18-27(31)29(19-21-8-4-3-5-9-21)23-12-14-24(32-2)15-13-23/h3-17,26H,18-19H2,1-2H3. The predicted octanol–water partition coefficient (Wildman–Crippen LogP) is 5.19. The number of carbonyl (C=O) groups excluding carboxylic acids is 2. The molecule has 1 aliphatic heterocycles. The van der Waals surface area contributed by atoms with E-state index in [1.807, 2.05) is 84.9 Å². The highest BCUT2D eigenvalue weighted by molar-refractivity contribution is 5.94. The number of hydrogen-bond donors (Lipinski definition) is 0. The summed E-state index contributed by atoms with van der Waals surface area (Å²) in [6, 6.07) is 24.9. The molecule has 0 saturated heterocycles. The molecule has 1 atom stereocenters. The smallest absolute Gasteiger partial charge is 0.229 e. The van der Waals surface area contributed by atoms with Crippen molar-refractivity contribution >= 4 is 23.6 Å². The fraction of sp³-hybridized carbons (Fsp3) is 0.185. The lowest BCUT2D eigenvalue weighted by atomic mass is 9.93. The van der Waals surface area contributed by atoms with Crippen LogP contribution in [-0.2, 0) is 16.1 Å². The van der Waals surface area contributed by atoms with Crippen molar-refractivity contribution < 1.29 is 14.3 Å². The van der Waals surface area contributed by atoms with E-state index >= 15 is 0 Å². The summed E-state index contributed by atoms with van der Waals surface area (Å²) in [5.74, 6) is 0.586. The van der Waals surface area contributed by atoms with Crippen LogP contribution in [0, 0.1) is 0 Å². The minimum atomic E-state index is -0.349. The van der Waals surface area contributed by atoms with Gasteiger partial charge in [-0.25, -0.2) is 0 Å². The number of ether oxygens (including phenoxy) is 1. The zero-order chi connectivity index (χ0) is 22.5. The van der Waals surface area contributed by atoms with E-state index in [4.69, 9.17) is 4.74 Å². The van der Waals surface area contributed by atoms with Crippen LogP contribution in [0.2, 0.25) is 0 Å². The van der Waals surface area contributed by atoms with Gasteiger partial charge in [0.2, 0.25) is 11.8 Å². The molecule has 0 bridgehead atoms. The van der Waals surface area contributed by atoms with Gasteiger partial charge in [-0.3, -0.25) is 9.59 Å². The lowest BCUT2D eigenvalue weighted by Crippen LogP contribution is -2.37. The van der Waals surface area contributed by atoms with Gasteiger partial charge in [0.15, 0.2) is 0 Å². The summed E-state index contributed by atoms with van der Waals surface area (Å²) in [5.41, 5.74) is 3.83. The number of hydrogen-bond acceptors (Lipinski definition) is 3. The number of fused-ring (bicyclic) bond motifs is 1. The third-order valence-electron chi connectivity index (χ3n) is 5.71. The van der Waals surface area contributed by atoms with E-state index < -0.39 is 0 Å². The average Bonchev–Trinajstić information content (AvgIpc) is 2.83. The first-order valence-corrected chi connectivity index (χ1v) is 10.6. The summed E-state index contributed by atoms with van der Waals surface area (Å²) in [5, 5.41) is 0. The number of anilines is 1. The zero-order valence-electron chi connectivity index (χ0n) is 18.3. The van der Waals surface area contributed by atoms with Gasteiger partial charge in [-0.1, -0.05) is 54.6 Å². The minimum Gasteiger partial charge on any atom is -0.497 e. The summed E-state index contributed by atoms with van der Waals surface area (Å²) < 4.78 is 5.27. The van der Waals surface area contributed by atoms with Crippen LogP contribution in [0.1, 0.15) is 36.1 Å². The number of methoxy groups -OCH3 is 1. The molecule has 5 nitrogen and oxygen atoms in total. The monoisotopic (exact) mass is 426 g/mol. The zero-order valence-corrected chi connectivity index (χ0v) is 18.3. The third-order valence-corrected chi connectivity index (χ3v) is 5.71. The van der Waals surface area contributed by atoms with Crippen LogP contribution in [0.4, 0.5) is 5.69 Å². The van der Waals surface area contributed by atoms with Gasteiger partial charge in [0, 0.05) is 18.8 Å². The lowest BCUT2D eigenvalue weighted by molar-refractivity contribution is -0.129. The number of rotatable bonds is 6. The van der Waals surface area contributed by atoms with Gasteiger partial charge in [0.1, 0.15) is 5.75 Å². The highest BCUT2D eigenvalue weighted by atomic mass is 16.5. The SMILES string of the molecule is COc1ccc(N(Cc2ccccc2)C(=O)CC2c3ccccc3C=CN2C(C)=O)cc1. The normalized spacial score (nSPS) is 14.6. The van der Waals surface area contributed by atoms with Crippen LogP contribution < -0.4 is 9.64 Å². The highest BCUT2D eigenvalue weighted by Gasteiger charge is 2.30. The number of carbonyl (C=O) groups is 2. The molecule has 0 spiro atoms. The molecule has 0 saturated carbocycles. The van der Waals surface area contributed by atoms with Gasteiger partial charge in [-0.05, 0) is 47.0 Å². The molecule has 3 aromatic carbocycles. The molecule has 0 N–H and O–H groups in total. The molecule has 0 aromatic heterocycles. The van der Waals surface area contributed by atoms with Gasteiger partial charge in [0.05, 0.1) is 26.1 Å². The van der Waals surface area contributed by atoms with Gasteiger partial charge < -0.3 is 14.5 Å². The molecular formula is C27H26N2O3. The molecule has 1 aliphatic rings. The van der Waals surface area contributed by atoms with Crippen molar-refractivity contribution in [2.75, 3.05) is 12.0 Å². The molecule has 3 aromatic rings. The van der Waals surface area contributed by atoms with Crippen molar-refractivity contribution in [1.82, 2.24) is 4.90 Å². The Balaban J connectivity index is 1.66. The van der Waals surface area contributed by atoms with E-state index in [-0.39, 0.29) is 24.3 Å². The molecule has 162 valence electrons. The van der Waals surface area contributed by atoms with Gasteiger partial charge in [-0.2, -0.15) is 0 Å². The van der Waals surface area contributed by atoms with E-state index in [0.29, 0.717) is 6.54 Å². The molecule has 0 fully saturated rings. The second-order valence-corrected chi connectivity index (χ2v) is 7.75. The minimum absolute atomic E-state index is 0.0552. The summed E-state index contributed by atoms with van der Waals surface area (Å²) in [6.45, 7) is 1.97. The van der Waals surface area contributed by atoms with Crippen molar-refractivity contribution in [2.45, 2.75) is 25.9 Å². The third kappa shape index (κ3) is 4.57. The molecule has 1 heterocycles. The Bertz CT molecular complexity index is 1120. The maximum atomic E-state index is 13.7. The van der Waals surface area contributed by atoms with Crippen LogP contribution in [0.3, 0.4) is 0 Å². The average molecular weight is 427 g/mol. The second kappa shape index (κ2) is 9.52. The first-order chi connectivity index (χ1) is 15.6. The van der Waals surface area contributed by atoms with Gasteiger partial charge in [0.25, 0.3) is 0 Å². The summed E-state index contributed by atoms with van der Waals surface area (Å²) in [6.07, 6.45) is 3.88. The quantitative estimate of drug-likeness (QED) is 0.545. The Morgan fingerprint density at radius 1 is 0.938 bits per heavy atom. The Hall–Kier alpha value is -3.86. The Morgan fingerprint density at radius 2 is 1.62 bits per heavy atom. The number of amides is 2. The van der Waals surface area contributed by atoms with Crippen molar-refractivity contribution in [3.63, 3.8) is 0 Å². The Labute approximate surface area is 188 Å². The maximum absolute atomic E-state index is 13.7. The largest absolute Gasteiger partial charge is 0.497 e. The van der Waals surface area contributed by atoms with Crippen molar-refractivity contribution in [3.05, 3.63) is 102 Å². The van der Waals surface area contributed by atoms with E-state index in [1.165, 1.54) is 6.92 Å². The molecule has 5 heteroatoms. The van der Waals surface area contributed by atoms with Crippen LogP contribution in [0.25, 0.3) is 6.08 Å². The maximum Gasteiger partial charge on any atom is 0.229 e. The number of nitrogens with zero attached hydrogens (tertiary/aromatic N) is 2. The molecule has 0 aliphatic carbocycles. The fourth-order valence-corrected chi connectivity index (χ4v) is 4.04. The number of benzene rings is 3. The van der Waals surface area contributed by atoms with E-state index in [0.717, 1.165) is 28.1 Å². The van der Waals surface area contributed by atoms with Crippen molar-refractivity contribution in [3.8, 4) is 5.75 Å². The lowest BCUT2D eigenvalue weighted by Gasteiger charge is -2.34. The Kier molecular flexibility index (Phi) is 6.36. The molecule has 0 radical (unpaired) electrons. The first-order valence-electron chi connectivity index (χ1n) is 10.6. The van der Waals surface area contributed by atoms with Gasteiger partial charge in [-0.15, -0.1) is 0 Å². The summed E-state index contributed by atoms with van der Waals surface area (Å²) >= 11 is 0. The van der Waals surface area contributed by atoms with Crippen LogP contribution in [-0.4, -0.2) is 23.8 Å². The van der Waals surface area contributed by atoms with Gasteiger partial charge >= 0.3 is 0 Å². The van der Waals surface area contributed by atoms with Crippen LogP contribution >= 0.6 is 0 Å². The molecule has 4 rings (SSSR count). The van der Waals surface area contributed by atoms with E-state index in [9.17, 15) is 9.59 Å². The van der Waals surface area contributed by atoms with Crippen molar-refractivity contribution in [2.24, 2.45) is 0 Å². The first kappa shape index (κ1) is 21.4. The molecule has 1 unspecified atom stereocenters. The fourth-order valence-electron chi connectivity index (χ4n) is 4.04.